The second-order valence-electron chi connectivity index (χ2n) is 4.35. The van der Waals surface area contributed by atoms with E-state index < -0.39 is 0 Å². The molecule has 0 radical (unpaired) electrons. The molecular formula is C12H19NO2. The van der Waals surface area contributed by atoms with Crippen LogP contribution < -0.4 is 5.32 Å². The van der Waals surface area contributed by atoms with E-state index in [-0.39, 0.29) is 11.9 Å². The highest BCUT2D eigenvalue weighted by Gasteiger charge is 2.10. The Hall–Kier alpha value is -1.25. The average Bonchev–Trinajstić information content (AvgIpc) is 2.53. The summed E-state index contributed by atoms with van der Waals surface area (Å²) in [5.74, 6) is 1.43. The minimum absolute atomic E-state index is 0.115. The molecule has 15 heavy (non-hydrogen) atoms. The van der Waals surface area contributed by atoms with Crippen molar-refractivity contribution in [1.29, 1.82) is 0 Å². The molecule has 0 saturated carbocycles. The zero-order valence-electron chi connectivity index (χ0n) is 9.62. The quantitative estimate of drug-likeness (QED) is 0.809. The van der Waals surface area contributed by atoms with E-state index in [1.54, 1.807) is 6.26 Å². The third-order valence-corrected chi connectivity index (χ3v) is 2.09. The summed E-state index contributed by atoms with van der Waals surface area (Å²) in [6.07, 6.45) is 2.98. The number of rotatable bonds is 5. The lowest BCUT2D eigenvalue weighted by Crippen LogP contribution is -2.34. The molecule has 1 atom stereocenters. The van der Waals surface area contributed by atoms with Crippen molar-refractivity contribution < 1.29 is 9.21 Å². The number of nitrogens with one attached hydrogen (secondary N) is 1. The van der Waals surface area contributed by atoms with Gasteiger partial charge in [-0.2, -0.15) is 0 Å². The van der Waals surface area contributed by atoms with Crippen LogP contribution in [0.25, 0.3) is 0 Å². The Balaban J connectivity index is 2.29. The van der Waals surface area contributed by atoms with Gasteiger partial charge in [-0.05, 0) is 25.0 Å². The van der Waals surface area contributed by atoms with Crippen LogP contribution in [-0.4, -0.2) is 11.9 Å². The van der Waals surface area contributed by atoms with E-state index >= 15 is 0 Å². The number of amides is 1. The maximum Gasteiger partial charge on any atom is 0.220 e. The number of carbonyl (C=O) groups excluding carboxylic acids is 1. The van der Waals surface area contributed by atoms with Crippen molar-refractivity contribution in [3.05, 3.63) is 24.2 Å². The monoisotopic (exact) mass is 209 g/mol. The summed E-state index contributed by atoms with van der Waals surface area (Å²) in [6.45, 7) is 6.06. The molecule has 1 aromatic heterocycles. The largest absolute Gasteiger partial charge is 0.469 e. The maximum atomic E-state index is 11.5. The number of carbonyl (C=O) groups is 1. The molecule has 1 aromatic rings. The van der Waals surface area contributed by atoms with Gasteiger partial charge in [-0.3, -0.25) is 4.79 Å². The minimum Gasteiger partial charge on any atom is -0.469 e. The Labute approximate surface area is 90.9 Å². The summed E-state index contributed by atoms with van der Waals surface area (Å²) in [7, 11) is 0. The Morgan fingerprint density at radius 3 is 2.73 bits per heavy atom. The molecule has 1 rings (SSSR count). The normalized spacial score (nSPS) is 12.8. The standard InChI is InChI=1S/C12H19NO2/c1-9(2)7-12(14)13-10(3)8-11-5-4-6-15-11/h4-6,9-10H,7-8H2,1-3H3,(H,13,14)/t10-/m0/s1. The fraction of sp³-hybridized carbons (Fsp3) is 0.583. The first-order chi connectivity index (χ1) is 7.08. The van der Waals surface area contributed by atoms with Crippen molar-refractivity contribution >= 4 is 5.91 Å². The lowest BCUT2D eigenvalue weighted by atomic mass is 10.1. The lowest BCUT2D eigenvalue weighted by molar-refractivity contribution is -0.122. The summed E-state index contributed by atoms with van der Waals surface area (Å²) in [5.41, 5.74) is 0. The van der Waals surface area contributed by atoms with Crippen LogP contribution in [0.4, 0.5) is 0 Å². The predicted octanol–water partition coefficient (Wildman–Crippen LogP) is 2.37. The van der Waals surface area contributed by atoms with Gasteiger partial charge in [0.25, 0.3) is 0 Å². The fourth-order valence-corrected chi connectivity index (χ4v) is 1.49. The van der Waals surface area contributed by atoms with E-state index in [2.05, 4.69) is 5.32 Å². The molecule has 0 aliphatic carbocycles. The predicted molar refractivity (Wildman–Crippen MR) is 59.5 cm³/mol. The molecule has 1 heterocycles. The third kappa shape index (κ3) is 4.68. The summed E-state index contributed by atoms with van der Waals surface area (Å²) >= 11 is 0. The van der Waals surface area contributed by atoms with E-state index in [9.17, 15) is 4.79 Å². The van der Waals surface area contributed by atoms with Crippen molar-refractivity contribution in [2.45, 2.75) is 39.7 Å². The molecule has 0 spiro atoms. The van der Waals surface area contributed by atoms with Crippen molar-refractivity contribution in [2.75, 3.05) is 0 Å². The molecule has 84 valence electrons. The first-order valence-electron chi connectivity index (χ1n) is 5.39. The van der Waals surface area contributed by atoms with E-state index in [1.807, 2.05) is 32.9 Å². The zero-order valence-corrected chi connectivity index (χ0v) is 9.62. The summed E-state index contributed by atoms with van der Waals surface area (Å²) in [4.78, 5) is 11.5. The van der Waals surface area contributed by atoms with Crippen molar-refractivity contribution in [3.63, 3.8) is 0 Å². The highest BCUT2D eigenvalue weighted by atomic mass is 16.3. The Morgan fingerprint density at radius 1 is 1.47 bits per heavy atom. The molecule has 0 fully saturated rings. The van der Waals surface area contributed by atoms with Crippen molar-refractivity contribution in [3.8, 4) is 0 Å². The first-order valence-corrected chi connectivity index (χ1v) is 5.39. The molecular weight excluding hydrogens is 190 g/mol. The van der Waals surface area contributed by atoms with Gasteiger partial charge in [-0.15, -0.1) is 0 Å². The van der Waals surface area contributed by atoms with Crippen LogP contribution in [0.3, 0.4) is 0 Å². The Bertz CT molecular complexity index is 291. The van der Waals surface area contributed by atoms with Gasteiger partial charge in [0.15, 0.2) is 0 Å². The lowest BCUT2D eigenvalue weighted by Gasteiger charge is -2.13. The second-order valence-corrected chi connectivity index (χ2v) is 4.35. The van der Waals surface area contributed by atoms with Crippen LogP contribution in [0.15, 0.2) is 22.8 Å². The highest BCUT2D eigenvalue weighted by molar-refractivity contribution is 5.76. The van der Waals surface area contributed by atoms with Gasteiger partial charge in [-0.1, -0.05) is 13.8 Å². The SMILES string of the molecule is CC(C)CC(=O)N[C@@H](C)Cc1ccco1. The fourth-order valence-electron chi connectivity index (χ4n) is 1.49. The molecule has 3 nitrogen and oxygen atoms in total. The van der Waals surface area contributed by atoms with E-state index in [1.165, 1.54) is 0 Å². The van der Waals surface area contributed by atoms with Crippen LogP contribution in [0, 0.1) is 5.92 Å². The summed E-state index contributed by atoms with van der Waals surface area (Å²) in [6, 6.07) is 3.91. The average molecular weight is 209 g/mol. The van der Waals surface area contributed by atoms with Crippen molar-refractivity contribution in [2.24, 2.45) is 5.92 Å². The van der Waals surface area contributed by atoms with Crippen LogP contribution in [-0.2, 0) is 11.2 Å². The summed E-state index contributed by atoms with van der Waals surface area (Å²) in [5, 5.41) is 2.95. The van der Waals surface area contributed by atoms with Gasteiger partial charge in [0.2, 0.25) is 5.91 Å². The Kier molecular flexibility index (Phi) is 4.40. The maximum absolute atomic E-state index is 11.5. The molecule has 0 aliphatic heterocycles. The van der Waals surface area contributed by atoms with Gasteiger partial charge in [0.05, 0.1) is 6.26 Å². The molecule has 0 aromatic carbocycles. The minimum atomic E-state index is 0.115. The van der Waals surface area contributed by atoms with E-state index in [0.717, 1.165) is 12.2 Å². The van der Waals surface area contributed by atoms with E-state index in [0.29, 0.717) is 12.3 Å². The van der Waals surface area contributed by atoms with Gasteiger partial charge in [-0.25, -0.2) is 0 Å². The molecule has 3 heteroatoms. The van der Waals surface area contributed by atoms with Crippen LogP contribution in [0.1, 0.15) is 33.0 Å². The number of hydrogen-bond donors (Lipinski definition) is 1. The summed E-state index contributed by atoms with van der Waals surface area (Å²) < 4.78 is 5.22. The highest BCUT2D eigenvalue weighted by Crippen LogP contribution is 2.05. The van der Waals surface area contributed by atoms with Crippen LogP contribution in [0.5, 0.6) is 0 Å². The number of hydrogen-bond acceptors (Lipinski definition) is 2. The third-order valence-electron chi connectivity index (χ3n) is 2.09. The topological polar surface area (TPSA) is 42.2 Å². The van der Waals surface area contributed by atoms with Gasteiger partial charge in [0.1, 0.15) is 5.76 Å². The Morgan fingerprint density at radius 2 is 2.20 bits per heavy atom. The molecule has 0 aliphatic rings. The smallest absolute Gasteiger partial charge is 0.220 e. The second kappa shape index (κ2) is 5.59. The zero-order chi connectivity index (χ0) is 11.3. The van der Waals surface area contributed by atoms with Crippen LogP contribution >= 0.6 is 0 Å². The molecule has 1 amide bonds. The van der Waals surface area contributed by atoms with E-state index in [4.69, 9.17) is 4.42 Å². The molecule has 0 unspecified atom stereocenters. The van der Waals surface area contributed by atoms with Gasteiger partial charge >= 0.3 is 0 Å². The van der Waals surface area contributed by atoms with Crippen molar-refractivity contribution in [1.82, 2.24) is 5.32 Å². The molecule has 1 N–H and O–H groups in total. The first kappa shape index (κ1) is 11.8. The van der Waals surface area contributed by atoms with Crippen LogP contribution in [0.2, 0.25) is 0 Å². The van der Waals surface area contributed by atoms with Gasteiger partial charge < -0.3 is 9.73 Å². The molecule has 0 saturated heterocycles. The number of furan rings is 1. The molecule has 0 bridgehead atoms. The van der Waals surface area contributed by atoms with Gasteiger partial charge in [0, 0.05) is 18.9 Å².